The van der Waals surface area contributed by atoms with E-state index in [9.17, 15) is 0 Å². The van der Waals surface area contributed by atoms with Crippen molar-refractivity contribution in [1.82, 2.24) is 5.32 Å². The number of benzene rings is 1. The first kappa shape index (κ1) is 14.6. The van der Waals surface area contributed by atoms with E-state index in [0.717, 1.165) is 25.4 Å². The van der Waals surface area contributed by atoms with Crippen molar-refractivity contribution in [2.75, 3.05) is 13.2 Å². The second-order valence-electron chi connectivity index (χ2n) is 5.68. The van der Waals surface area contributed by atoms with Crippen LogP contribution in [0.4, 0.5) is 0 Å². The highest BCUT2D eigenvalue weighted by Crippen LogP contribution is 2.25. The summed E-state index contributed by atoms with van der Waals surface area (Å²) in [5.74, 6) is 1.02. The summed E-state index contributed by atoms with van der Waals surface area (Å²) in [6.07, 6.45) is 5.09. The van der Waals surface area contributed by atoms with Gasteiger partial charge < -0.3 is 10.1 Å². The summed E-state index contributed by atoms with van der Waals surface area (Å²) in [7, 11) is 0. The highest BCUT2D eigenvalue weighted by molar-refractivity contribution is 7.11. The van der Waals surface area contributed by atoms with E-state index in [1.165, 1.54) is 46.6 Å². The summed E-state index contributed by atoms with van der Waals surface area (Å²) < 4.78 is 5.86. The van der Waals surface area contributed by atoms with E-state index in [1.54, 1.807) is 0 Å². The molecule has 1 aromatic heterocycles. The first-order chi connectivity index (χ1) is 10.3. The smallest absolute Gasteiger partial charge is 0.119 e. The Morgan fingerprint density at radius 2 is 1.95 bits per heavy atom. The van der Waals surface area contributed by atoms with Gasteiger partial charge in [0.2, 0.25) is 0 Å². The van der Waals surface area contributed by atoms with Gasteiger partial charge in [-0.15, -0.1) is 11.3 Å². The van der Waals surface area contributed by atoms with Gasteiger partial charge in [0.1, 0.15) is 12.4 Å². The Bertz CT molecular complexity index is 591. The lowest BCUT2D eigenvalue weighted by atomic mass is 9.92. The molecule has 2 nitrogen and oxygen atoms in total. The Morgan fingerprint density at radius 1 is 1.10 bits per heavy atom. The Kier molecular flexibility index (Phi) is 4.94. The van der Waals surface area contributed by atoms with Crippen LogP contribution in [0.25, 0.3) is 0 Å². The number of hydrogen-bond donors (Lipinski definition) is 1. The Labute approximate surface area is 131 Å². The number of hydrogen-bond acceptors (Lipinski definition) is 3. The zero-order chi connectivity index (χ0) is 14.5. The van der Waals surface area contributed by atoms with Crippen molar-refractivity contribution in [3.8, 4) is 5.75 Å². The first-order valence-electron chi connectivity index (χ1n) is 7.82. The summed E-state index contributed by atoms with van der Waals surface area (Å²) in [4.78, 5) is 2.76. The maximum Gasteiger partial charge on any atom is 0.119 e. The lowest BCUT2D eigenvalue weighted by Gasteiger charge is -2.16. The quantitative estimate of drug-likeness (QED) is 0.811. The van der Waals surface area contributed by atoms with E-state index in [4.69, 9.17) is 4.74 Å². The zero-order valence-corrected chi connectivity index (χ0v) is 13.5. The molecule has 1 N–H and O–H groups in total. The van der Waals surface area contributed by atoms with Gasteiger partial charge in [0.05, 0.1) is 0 Å². The van der Waals surface area contributed by atoms with Gasteiger partial charge in [0, 0.05) is 22.8 Å². The third-order valence-electron chi connectivity index (χ3n) is 3.96. The molecule has 0 aliphatic heterocycles. The summed E-state index contributed by atoms with van der Waals surface area (Å²) in [5, 5.41) is 3.43. The van der Waals surface area contributed by atoms with Gasteiger partial charge in [-0.1, -0.05) is 6.07 Å². The molecule has 3 heteroatoms. The number of rotatable bonds is 6. The number of nitrogens with one attached hydrogen (secondary N) is 1. The third-order valence-corrected chi connectivity index (χ3v) is 4.96. The van der Waals surface area contributed by atoms with Crippen LogP contribution in [-0.2, 0) is 19.4 Å². The molecule has 0 saturated carbocycles. The third kappa shape index (κ3) is 4.08. The average Bonchev–Trinajstić information content (AvgIpc) is 2.92. The summed E-state index contributed by atoms with van der Waals surface area (Å²) in [5.41, 5.74) is 3.00. The van der Waals surface area contributed by atoms with Crippen molar-refractivity contribution in [2.45, 2.75) is 39.2 Å². The lowest BCUT2D eigenvalue weighted by Crippen LogP contribution is -2.20. The van der Waals surface area contributed by atoms with Crippen LogP contribution in [0.15, 0.2) is 30.3 Å². The number of ether oxygens (including phenoxy) is 1. The van der Waals surface area contributed by atoms with E-state index in [-0.39, 0.29) is 0 Å². The highest BCUT2D eigenvalue weighted by Gasteiger charge is 2.09. The molecular weight excluding hydrogens is 278 g/mol. The van der Waals surface area contributed by atoms with Crippen molar-refractivity contribution >= 4 is 11.3 Å². The minimum Gasteiger partial charge on any atom is -0.492 e. The average molecular weight is 301 g/mol. The van der Waals surface area contributed by atoms with Gasteiger partial charge in [0.15, 0.2) is 0 Å². The van der Waals surface area contributed by atoms with Crippen LogP contribution in [0, 0.1) is 6.92 Å². The van der Waals surface area contributed by atoms with Crippen LogP contribution in [0.2, 0.25) is 0 Å². The molecule has 0 radical (unpaired) electrons. The van der Waals surface area contributed by atoms with E-state index in [2.05, 4.69) is 42.6 Å². The van der Waals surface area contributed by atoms with Crippen LogP contribution in [0.3, 0.4) is 0 Å². The van der Waals surface area contributed by atoms with Crippen LogP contribution < -0.4 is 10.1 Å². The molecule has 0 fully saturated rings. The molecule has 3 rings (SSSR count). The molecule has 1 aliphatic rings. The first-order valence-corrected chi connectivity index (χ1v) is 8.63. The fourth-order valence-corrected chi connectivity index (χ4v) is 3.69. The van der Waals surface area contributed by atoms with Gasteiger partial charge >= 0.3 is 0 Å². The minimum absolute atomic E-state index is 0.725. The molecule has 1 aliphatic carbocycles. The molecule has 21 heavy (non-hydrogen) atoms. The molecule has 0 bridgehead atoms. The largest absolute Gasteiger partial charge is 0.492 e. The Hall–Kier alpha value is -1.32. The standard InChI is InChI=1S/C18H23NOS/c1-14-6-9-18(21-14)13-19-10-11-20-17-8-7-15-4-2-3-5-16(15)12-17/h6-9,12,19H,2-5,10-11,13H2,1H3. The second kappa shape index (κ2) is 7.10. The monoisotopic (exact) mass is 301 g/mol. The molecule has 0 spiro atoms. The topological polar surface area (TPSA) is 21.3 Å². The molecule has 0 unspecified atom stereocenters. The van der Waals surface area contributed by atoms with E-state index in [1.807, 2.05) is 11.3 Å². The van der Waals surface area contributed by atoms with Crippen LogP contribution in [0.1, 0.15) is 33.7 Å². The number of thiophene rings is 1. The molecule has 112 valence electrons. The van der Waals surface area contributed by atoms with Gasteiger partial charge in [-0.2, -0.15) is 0 Å². The highest BCUT2D eigenvalue weighted by atomic mass is 32.1. The molecule has 2 aromatic rings. The number of fused-ring (bicyclic) bond motifs is 1. The summed E-state index contributed by atoms with van der Waals surface area (Å²) >= 11 is 1.85. The SMILES string of the molecule is Cc1ccc(CNCCOc2ccc3c(c2)CCCC3)s1. The predicted molar refractivity (Wildman–Crippen MR) is 89.3 cm³/mol. The van der Waals surface area contributed by atoms with Gasteiger partial charge in [0.25, 0.3) is 0 Å². The number of aryl methyl sites for hydroxylation is 3. The zero-order valence-electron chi connectivity index (χ0n) is 12.7. The fourth-order valence-electron chi connectivity index (χ4n) is 2.83. The summed E-state index contributed by atoms with van der Waals surface area (Å²) in [6, 6.07) is 11.0. The predicted octanol–water partition coefficient (Wildman–Crippen LogP) is 4.10. The van der Waals surface area contributed by atoms with Crippen LogP contribution in [0.5, 0.6) is 5.75 Å². The molecule has 1 heterocycles. The Balaban J connectivity index is 1.41. The maximum absolute atomic E-state index is 5.86. The van der Waals surface area contributed by atoms with Crippen molar-refractivity contribution in [1.29, 1.82) is 0 Å². The van der Waals surface area contributed by atoms with Crippen LogP contribution >= 0.6 is 11.3 Å². The van der Waals surface area contributed by atoms with Crippen molar-refractivity contribution < 1.29 is 4.74 Å². The van der Waals surface area contributed by atoms with Gasteiger partial charge in [-0.3, -0.25) is 0 Å². The van der Waals surface area contributed by atoms with Crippen molar-refractivity contribution in [2.24, 2.45) is 0 Å². The maximum atomic E-state index is 5.86. The normalized spacial score (nSPS) is 14.0. The molecule has 1 aromatic carbocycles. The molecule has 0 amide bonds. The van der Waals surface area contributed by atoms with Gasteiger partial charge in [-0.05, 0) is 68.0 Å². The molecular formula is C18H23NOS. The summed E-state index contributed by atoms with van der Waals surface area (Å²) in [6.45, 7) is 4.69. The van der Waals surface area contributed by atoms with E-state index in [0.29, 0.717) is 0 Å². The molecule has 0 atom stereocenters. The minimum atomic E-state index is 0.725. The lowest BCUT2D eigenvalue weighted by molar-refractivity contribution is 0.313. The van der Waals surface area contributed by atoms with Gasteiger partial charge in [-0.25, -0.2) is 0 Å². The van der Waals surface area contributed by atoms with Crippen molar-refractivity contribution in [3.05, 3.63) is 51.2 Å². The Morgan fingerprint density at radius 3 is 2.76 bits per heavy atom. The van der Waals surface area contributed by atoms with Crippen molar-refractivity contribution in [3.63, 3.8) is 0 Å². The van der Waals surface area contributed by atoms with E-state index < -0.39 is 0 Å². The second-order valence-corrected chi connectivity index (χ2v) is 7.05. The van der Waals surface area contributed by atoms with Crippen LogP contribution in [-0.4, -0.2) is 13.2 Å². The fraction of sp³-hybridized carbons (Fsp3) is 0.444. The molecule has 0 saturated heterocycles. The van der Waals surface area contributed by atoms with E-state index >= 15 is 0 Å².